The van der Waals surface area contributed by atoms with E-state index in [9.17, 15) is 9.18 Å². The van der Waals surface area contributed by atoms with E-state index in [1.807, 2.05) is 12.1 Å². The molecule has 2 nitrogen and oxygen atoms in total. The molecule has 84 valence electrons. The highest BCUT2D eigenvalue weighted by atomic mass is 32.1. The number of hydrogen-bond acceptors (Lipinski definition) is 2. The van der Waals surface area contributed by atoms with Crippen LogP contribution in [0.4, 0.5) is 4.39 Å². The van der Waals surface area contributed by atoms with Gasteiger partial charge in [0.2, 0.25) is 0 Å². The third kappa shape index (κ3) is 1.76. The summed E-state index contributed by atoms with van der Waals surface area (Å²) < 4.78 is 13.5. The quantitative estimate of drug-likeness (QED) is 0.700. The van der Waals surface area contributed by atoms with Crippen LogP contribution in [0.5, 0.6) is 0 Å². The second kappa shape index (κ2) is 3.82. The zero-order valence-corrected chi connectivity index (χ0v) is 9.55. The normalized spacial score (nSPS) is 10.9. The maximum Gasteiger partial charge on any atom is 0.265 e. The van der Waals surface area contributed by atoms with E-state index in [-0.39, 0.29) is 11.4 Å². The van der Waals surface area contributed by atoms with Crippen molar-refractivity contribution in [1.29, 1.82) is 0 Å². The second-order valence-corrected chi connectivity index (χ2v) is 4.76. The number of thiophene rings is 1. The van der Waals surface area contributed by atoms with E-state index >= 15 is 0 Å². The Kier molecular flexibility index (Phi) is 2.30. The number of aromatic nitrogens is 1. The van der Waals surface area contributed by atoms with Crippen LogP contribution >= 0.6 is 11.3 Å². The Morgan fingerprint density at radius 1 is 1.12 bits per heavy atom. The van der Waals surface area contributed by atoms with Crippen LogP contribution in [0.3, 0.4) is 0 Å². The van der Waals surface area contributed by atoms with Crippen molar-refractivity contribution >= 4 is 21.4 Å². The molecule has 0 unspecified atom stereocenters. The Balaban J connectivity index is 2.21. The van der Waals surface area contributed by atoms with Crippen molar-refractivity contribution in [2.75, 3.05) is 0 Å². The molecule has 2 heterocycles. The van der Waals surface area contributed by atoms with Crippen LogP contribution in [-0.4, -0.2) is 4.98 Å². The molecule has 2 aromatic heterocycles. The van der Waals surface area contributed by atoms with Gasteiger partial charge in [-0.3, -0.25) is 4.79 Å². The van der Waals surface area contributed by atoms with Gasteiger partial charge in [0, 0.05) is 16.5 Å². The van der Waals surface area contributed by atoms with Crippen molar-refractivity contribution in [3.63, 3.8) is 0 Å². The number of H-pyrrole nitrogens is 1. The summed E-state index contributed by atoms with van der Waals surface area (Å²) in [5, 5.41) is 0.915. The molecule has 0 radical (unpaired) electrons. The predicted octanol–water partition coefficient (Wildman–Crippen LogP) is 3.40. The van der Waals surface area contributed by atoms with E-state index in [0.29, 0.717) is 4.70 Å². The van der Waals surface area contributed by atoms with Crippen LogP contribution in [0.1, 0.15) is 0 Å². The fraction of sp³-hybridized carbons (Fsp3) is 0. The molecule has 0 amide bonds. The third-order valence-electron chi connectivity index (χ3n) is 2.57. The topological polar surface area (TPSA) is 32.9 Å². The van der Waals surface area contributed by atoms with Crippen LogP contribution in [0.2, 0.25) is 0 Å². The number of halogens is 1. The SMILES string of the molecule is O=c1[nH]ccc2cc(-c3ccc(F)cc3)sc12. The largest absolute Gasteiger partial charge is 0.328 e. The van der Waals surface area contributed by atoms with Crippen LogP contribution in [-0.2, 0) is 0 Å². The first-order valence-electron chi connectivity index (χ1n) is 5.11. The first-order valence-corrected chi connectivity index (χ1v) is 5.93. The molecule has 1 aromatic carbocycles. The molecule has 4 heteroatoms. The maximum absolute atomic E-state index is 12.8. The molecule has 1 N–H and O–H groups in total. The molecule has 0 spiro atoms. The lowest BCUT2D eigenvalue weighted by Crippen LogP contribution is -2.01. The van der Waals surface area contributed by atoms with Crippen molar-refractivity contribution in [3.05, 3.63) is 58.8 Å². The number of benzene rings is 1. The van der Waals surface area contributed by atoms with Gasteiger partial charge in [-0.15, -0.1) is 11.3 Å². The van der Waals surface area contributed by atoms with E-state index in [4.69, 9.17) is 0 Å². The minimum atomic E-state index is -0.257. The number of nitrogens with one attached hydrogen (secondary N) is 1. The Morgan fingerprint density at radius 2 is 1.88 bits per heavy atom. The van der Waals surface area contributed by atoms with E-state index in [1.54, 1.807) is 18.3 Å². The Hall–Kier alpha value is -1.94. The predicted molar refractivity (Wildman–Crippen MR) is 67.8 cm³/mol. The first-order chi connectivity index (χ1) is 8.24. The number of pyridine rings is 1. The van der Waals surface area contributed by atoms with Crippen molar-refractivity contribution in [2.45, 2.75) is 0 Å². The van der Waals surface area contributed by atoms with Gasteiger partial charge in [-0.05, 0) is 29.8 Å². The standard InChI is InChI=1S/C13H8FNOS/c14-10-3-1-8(2-4-10)11-7-9-5-6-15-13(16)12(9)17-11/h1-7H,(H,15,16). The number of rotatable bonds is 1. The van der Waals surface area contributed by atoms with Gasteiger partial charge >= 0.3 is 0 Å². The second-order valence-electron chi connectivity index (χ2n) is 3.71. The number of hydrogen-bond donors (Lipinski definition) is 1. The van der Waals surface area contributed by atoms with Gasteiger partial charge in [0.05, 0.1) is 0 Å². The minimum Gasteiger partial charge on any atom is -0.328 e. The zero-order chi connectivity index (χ0) is 11.8. The van der Waals surface area contributed by atoms with Gasteiger partial charge in [0.15, 0.2) is 0 Å². The summed E-state index contributed by atoms with van der Waals surface area (Å²) in [5.41, 5.74) is 0.841. The molecule has 0 aliphatic rings. The van der Waals surface area contributed by atoms with Gasteiger partial charge < -0.3 is 4.98 Å². The molecule has 0 saturated heterocycles. The fourth-order valence-corrected chi connectivity index (χ4v) is 2.79. The monoisotopic (exact) mass is 245 g/mol. The summed E-state index contributed by atoms with van der Waals surface area (Å²) in [6.45, 7) is 0. The molecule has 3 aromatic rings. The highest BCUT2D eigenvalue weighted by Crippen LogP contribution is 2.31. The van der Waals surface area contributed by atoms with Gasteiger partial charge in [0.1, 0.15) is 10.5 Å². The smallest absolute Gasteiger partial charge is 0.265 e. The van der Waals surface area contributed by atoms with Gasteiger partial charge in [-0.2, -0.15) is 0 Å². The Morgan fingerprint density at radius 3 is 2.59 bits per heavy atom. The van der Waals surface area contributed by atoms with Gasteiger partial charge in [0.25, 0.3) is 5.56 Å². The van der Waals surface area contributed by atoms with Crippen molar-refractivity contribution < 1.29 is 4.39 Å². The van der Waals surface area contributed by atoms with Gasteiger partial charge in [-0.1, -0.05) is 12.1 Å². The lowest BCUT2D eigenvalue weighted by atomic mass is 10.2. The van der Waals surface area contributed by atoms with Crippen LogP contribution in [0, 0.1) is 5.82 Å². The van der Waals surface area contributed by atoms with Crippen LogP contribution in [0.25, 0.3) is 20.5 Å². The molecule has 0 aliphatic heterocycles. The number of fused-ring (bicyclic) bond motifs is 1. The Bertz CT molecular complexity index is 727. The molecular formula is C13H8FNOS. The molecule has 3 rings (SSSR count). The molecule has 0 bridgehead atoms. The van der Waals surface area contributed by atoms with E-state index < -0.39 is 0 Å². The van der Waals surface area contributed by atoms with Crippen molar-refractivity contribution in [1.82, 2.24) is 4.98 Å². The minimum absolute atomic E-state index is 0.0825. The first kappa shape index (κ1) is 10.2. The molecule has 17 heavy (non-hydrogen) atoms. The van der Waals surface area contributed by atoms with Crippen LogP contribution < -0.4 is 5.56 Å². The summed E-state index contributed by atoms with van der Waals surface area (Å²) in [7, 11) is 0. The van der Waals surface area contributed by atoms with E-state index in [0.717, 1.165) is 15.8 Å². The fourth-order valence-electron chi connectivity index (χ4n) is 1.74. The number of aromatic amines is 1. The van der Waals surface area contributed by atoms with E-state index in [1.165, 1.54) is 23.5 Å². The summed E-state index contributed by atoms with van der Waals surface area (Å²) in [4.78, 5) is 15.2. The molecule has 0 saturated carbocycles. The average Bonchev–Trinajstić information content (AvgIpc) is 2.75. The third-order valence-corrected chi connectivity index (χ3v) is 3.77. The highest BCUT2D eigenvalue weighted by molar-refractivity contribution is 7.22. The summed E-state index contributed by atoms with van der Waals surface area (Å²) in [6.07, 6.45) is 1.63. The summed E-state index contributed by atoms with van der Waals surface area (Å²) in [5.74, 6) is -0.257. The molecule has 0 fully saturated rings. The van der Waals surface area contributed by atoms with E-state index in [2.05, 4.69) is 4.98 Å². The van der Waals surface area contributed by atoms with Crippen molar-refractivity contribution in [3.8, 4) is 10.4 Å². The maximum atomic E-state index is 12.8. The zero-order valence-electron chi connectivity index (χ0n) is 8.74. The van der Waals surface area contributed by atoms with Gasteiger partial charge in [-0.25, -0.2) is 4.39 Å². The van der Waals surface area contributed by atoms with Crippen LogP contribution in [0.15, 0.2) is 47.4 Å². The summed E-state index contributed by atoms with van der Waals surface area (Å²) >= 11 is 1.42. The summed E-state index contributed by atoms with van der Waals surface area (Å²) in [6, 6.07) is 10.1. The molecule has 0 atom stereocenters. The molecular weight excluding hydrogens is 237 g/mol. The lowest BCUT2D eigenvalue weighted by Gasteiger charge is -1.95. The average molecular weight is 245 g/mol. The molecule has 0 aliphatic carbocycles. The van der Waals surface area contributed by atoms with Crippen molar-refractivity contribution in [2.24, 2.45) is 0 Å². The Labute approximate surface area is 100 Å². The lowest BCUT2D eigenvalue weighted by molar-refractivity contribution is 0.628. The highest BCUT2D eigenvalue weighted by Gasteiger charge is 2.06.